The van der Waals surface area contributed by atoms with E-state index in [1.54, 1.807) is 25.1 Å². The Kier molecular flexibility index (Phi) is 5.95. The molecule has 2 aromatic rings. The number of halogens is 1. The number of ether oxygens (including phenoxy) is 1. The normalized spacial score (nSPS) is 13.2. The first kappa shape index (κ1) is 17.2. The molecule has 0 aliphatic carbocycles. The Morgan fingerprint density at radius 2 is 2.22 bits per heavy atom. The van der Waals surface area contributed by atoms with Crippen molar-refractivity contribution in [1.82, 2.24) is 10.6 Å². The summed E-state index contributed by atoms with van der Waals surface area (Å²) >= 11 is 1.47. The standard InChI is InChI=1S/C16H19FN2O3S/c1-10(15-12(17)4-3-5-14(15)22-2)19-16(21)18-8-13(20)11-6-7-23-9-11/h3-7,9-10,13,20H,8H2,1-2H3,(H2,18,19,21)/t10-,13+/m1/s1. The summed E-state index contributed by atoms with van der Waals surface area (Å²) in [5, 5.41) is 18.8. The zero-order chi connectivity index (χ0) is 16.8. The van der Waals surface area contributed by atoms with Crippen LogP contribution in [0.5, 0.6) is 5.75 Å². The number of aliphatic hydroxyl groups is 1. The summed E-state index contributed by atoms with van der Waals surface area (Å²) in [6, 6.07) is 5.22. The molecule has 2 rings (SSSR count). The lowest BCUT2D eigenvalue weighted by molar-refractivity contribution is 0.173. The van der Waals surface area contributed by atoms with E-state index >= 15 is 0 Å². The number of methoxy groups -OCH3 is 1. The molecule has 2 atom stereocenters. The summed E-state index contributed by atoms with van der Waals surface area (Å²) < 4.78 is 19.1. The van der Waals surface area contributed by atoms with Crippen molar-refractivity contribution >= 4 is 17.4 Å². The number of hydrogen-bond donors (Lipinski definition) is 3. The van der Waals surface area contributed by atoms with Crippen molar-refractivity contribution in [2.24, 2.45) is 0 Å². The van der Waals surface area contributed by atoms with Gasteiger partial charge in [0.15, 0.2) is 0 Å². The van der Waals surface area contributed by atoms with Crippen LogP contribution in [0.3, 0.4) is 0 Å². The fourth-order valence-electron chi connectivity index (χ4n) is 2.21. The van der Waals surface area contributed by atoms with Gasteiger partial charge in [-0.3, -0.25) is 0 Å². The smallest absolute Gasteiger partial charge is 0.315 e. The van der Waals surface area contributed by atoms with E-state index in [4.69, 9.17) is 4.74 Å². The van der Waals surface area contributed by atoms with Crippen molar-refractivity contribution in [3.8, 4) is 5.75 Å². The fraction of sp³-hybridized carbons (Fsp3) is 0.312. The number of amides is 2. The van der Waals surface area contributed by atoms with Crippen LogP contribution in [0.2, 0.25) is 0 Å². The lowest BCUT2D eigenvalue weighted by Crippen LogP contribution is -2.39. The van der Waals surface area contributed by atoms with Crippen molar-refractivity contribution in [1.29, 1.82) is 0 Å². The highest BCUT2D eigenvalue weighted by Gasteiger charge is 2.18. The third-order valence-electron chi connectivity index (χ3n) is 3.40. The second-order valence-electron chi connectivity index (χ2n) is 5.00. The van der Waals surface area contributed by atoms with Gasteiger partial charge in [-0.05, 0) is 41.4 Å². The van der Waals surface area contributed by atoms with Crippen LogP contribution in [-0.4, -0.2) is 24.8 Å². The van der Waals surface area contributed by atoms with Crippen molar-refractivity contribution < 1.29 is 19.0 Å². The third-order valence-corrected chi connectivity index (χ3v) is 4.10. The van der Waals surface area contributed by atoms with Gasteiger partial charge in [-0.25, -0.2) is 9.18 Å². The van der Waals surface area contributed by atoms with E-state index in [0.29, 0.717) is 5.75 Å². The van der Waals surface area contributed by atoms with E-state index in [1.807, 2.05) is 10.8 Å². The van der Waals surface area contributed by atoms with Gasteiger partial charge in [0, 0.05) is 6.54 Å². The second-order valence-corrected chi connectivity index (χ2v) is 5.78. The Hall–Kier alpha value is -2.12. The van der Waals surface area contributed by atoms with E-state index < -0.39 is 24.0 Å². The molecule has 1 aromatic heterocycles. The average Bonchev–Trinajstić information content (AvgIpc) is 3.06. The fourth-order valence-corrected chi connectivity index (χ4v) is 2.91. The molecule has 23 heavy (non-hydrogen) atoms. The monoisotopic (exact) mass is 338 g/mol. The quantitative estimate of drug-likeness (QED) is 0.758. The molecule has 2 amide bonds. The molecule has 7 heteroatoms. The van der Waals surface area contributed by atoms with Gasteiger partial charge in [0.1, 0.15) is 11.6 Å². The summed E-state index contributed by atoms with van der Waals surface area (Å²) in [7, 11) is 1.45. The maximum absolute atomic E-state index is 13.9. The van der Waals surface area contributed by atoms with Gasteiger partial charge in [0.25, 0.3) is 0 Å². The third kappa shape index (κ3) is 4.43. The number of aliphatic hydroxyl groups excluding tert-OH is 1. The predicted octanol–water partition coefficient (Wildman–Crippen LogP) is 2.99. The molecule has 1 aromatic carbocycles. The van der Waals surface area contributed by atoms with Crippen LogP contribution in [0.25, 0.3) is 0 Å². The van der Waals surface area contributed by atoms with E-state index in [1.165, 1.54) is 24.5 Å². The first-order valence-corrected chi connectivity index (χ1v) is 8.04. The first-order valence-electron chi connectivity index (χ1n) is 7.09. The summed E-state index contributed by atoms with van der Waals surface area (Å²) in [5.41, 5.74) is 1.03. The molecule has 3 N–H and O–H groups in total. The zero-order valence-electron chi connectivity index (χ0n) is 12.9. The Bertz CT molecular complexity index is 649. The lowest BCUT2D eigenvalue weighted by atomic mass is 10.1. The number of nitrogens with one attached hydrogen (secondary N) is 2. The molecular formula is C16H19FN2O3S. The van der Waals surface area contributed by atoms with Crippen LogP contribution in [-0.2, 0) is 0 Å². The van der Waals surface area contributed by atoms with Gasteiger partial charge >= 0.3 is 6.03 Å². The minimum absolute atomic E-state index is 0.0731. The molecule has 0 unspecified atom stereocenters. The number of urea groups is 1. The van der Waals surface area contributed by atoms with Crippen LogP contribution in [0, 0.1) is 5.82 Å². The maximum Gasteiger partial charge on any atom is 0.315 e. The van der Waals surface area contributed by atoms with Crippen LogP contribution in [0.1, 0.15) is 30.2 Å². The van der Waals surface area contributed by atoms with Gasteiger partial charge in [-0.2, -0.15) is 11.3 Å². The minimum atomic E-state index is -0.773. The Labute approximate surface area is 138 Å². The number of carbonyl (C=O) groups excluding carboxylic acids is 1. The maximum atomic E-state index is 13.9. The van der Waals surface area contributed by atoms with Gasteiger partial charge in [-0.1, -0.05) is 6.07 Å². The van der Waals surface area contributed by atoms with Crippen molar-refractivity contribution in [3.63, 3.8) is 0 Å². The van der Waals surface area contributed by atoms with Crippen LogP contribution < -0.4 is 15.4 Å². The summed E-state index contributed by atoms with van der Waals surface area (Å²) in [5.74, 6) is -0.0773. The Morgan fingerprint density at radius 1 is 1.43 bits per heavy atom. The molecule has 0 saturated carbocycles. The number of hydrogen-bond acceptors (Lipinski definition) is 4. The molecule has 0 spiro atoms. The molecule has 0 bridgehead atoms. The molecule has 0 saturated heterocycles. The Balaban J connectivity index is 1.92. The Morgan fingerprint density at radius 3 is 2.87 bits per heavy atom. The average molecular weight is 338 g/mol. The van der Waals surface area contributed by atoms with Gasteiger partial charge in [-0.15, -0.1) is 0 Å². The molecule has 5 nitrogen and oxygen atoms in total. The summed E-state index contributed by atoms with van der Waals surface area (Å²) in [6.45, 7) is 1.74. The van der Waals surface area contributed by atoms with Crippen LogP contribution in [0.15, 0.2) is 35.0 Å². The zero-order valence-corrected chi connectivity index (χ0v) is 13.7. The molecule has 0 fully saturated rings. The van der Waals surface area contributed by atoms with Crippen molar-refractivity contribution in [3.05, 3.63) is 52.0 Å². The van der Waals surface area contributed by atoms with Crippen LogP contribution in [0.4, 0.5) is 9.18 Å². The van der Waals surface area contributed by atoms with E-state index in [-0.39, 0.29) is 12.1 Å². The SMILES string of the molecule is COc1cccc(F)c1[C@@H](C)NC(=O)NC[C@H](O)c1ccsc1. The predicted molar refractivity (Wildman–Crippen MR) is 87.2 cm³/mol. The van der Waals surface area contributed by atoms with Gasteiger partial charge in [0.05, 0.1) is 24.8 Å². The number of carbonyl (C=O) groups is 1. The summed E-state index contributed by atoms with van der Waals surface area (Å²) in [6.07, 6.45) is -0.773. The molecule has 0 radical (unpaired) electrons. The largest absolute Gasteiger partial charge is 0.496 e. The van der Waals surface area contributed by atoms with Crippen molar-refractivity contribution in [2.45, 2.75) is 19.1 Å². The van der Waals surface area contributed by atoms with E-state index in [2.05, 4.69) is 10.6 Å². The minimum Gasteiger partial charge on any atom is -0.496 e. The first-order chi connectivity index (χ1) is 11.0. The molecular weight excluding hydrogens is 319 g/mol. The second kappa shape index (κ2) is 7.94. The number of thiophene rings is 1. The summed E-state index contributed by atoms with van der Waals surface area (Å²) in [4.78, 5) is 11.9. The lowest BCUT2D eigenvalue weighted by Gasteiger charge is -2.19. The molecule has 0 aliphatic heterocycles. The molecule has 1 heterocycles. The molecule has 0 aliphatic rings. The van der Waals surface area contributed by atoms with Gasteiger partial charge in [0.2, 0.25) is 0 Å². The van der Waals surface area contributed by atoms with E-state index in [0.717, 1.165) is 5.56 Å². The highest BCUT2D eigenvalue weighted by molar-refractivity contribution is 7.07. The van der Waals surface area contributed by atoms with E-state index in [9.17, 15) is 14.3 Å². The number of rotatable bonds is 6. The van der Waals surface area contributed by atoms with Gasteiger partial charge < -0.3 is 20.5 Å². The topological polar surface area (TPSA) is 70.6 Å². The number of benzene rings is 1. The van der Waals surface area contributed by atoms with Crippen molar-refractivity contribution in [2.75, 3.05) is 13.7 Å². The highest BCUT2D eigenvalue weighted by atomic mass is 32.1. The van der Waals surface area contributed by atoms with Crippen LogP contribution >= 0.6 is 11.3 Å². The highest BCUT2D eigenvalue weighted by Crippen LogP contribution is 2.27. The molecule has 124 valence electrons.